The number of alkyl halides is 3. The second-order valence-electron chi connectivity index (χ2n) is 9.07. The van der Waals surface area contributed by atoms with Crippen LogP contribution in [0.3, 0.4) is 0 Å². The van der Waals surface area contributed by atoms with Crippen molar-refractivity contribution < 1.29 is 31.1 Å². The quantitative estimate of drug-likeness (QED) is 0.576. The summed E-state index contributed by atoms with van der Waals surface area (Å²) in [4.78, 5) is 17.0. The molecule has 188 valence electrons. The number of anilines is 1. The molecule has 3 aromatic rings. The number of benzene rings is 1. The molecule has 35 heavy (non-hydrogen) atoms. The summed E-state index contributed by atoms with van der Waals surface area (Å²) in [6, 6.07) is 7.61. The van der Waals surface area contributed by atoms with Crippen LogP contribution in [0, 0.1) is 0 Å². The first-order chi connectivity index (χ1) is 16.3. The van der Waals surface area contributed by atoms with Crippen LogP contribution in [-0.4, -0.2) is 59.5 Å². The molecular formula is C22H24F3N5O4S. The minimum absolute atomic E-state index is 0.0545. The van der Waals surface area contributed by atoms with E-state index in [4.69, 9.17) is 4.74 Å². The lowest BCUT2D eigenvalue weighted by atomic mass is 9.91. The number of amides is 1. The van der Waals surface area contributed by atoms with Crippen molar-refractivity contribution in [3.8, 4) is 0 Å². The van der Waals surface area contributed by atoms with E-state index < -0.39 is 33.2 Å². The molecule has 13 heteroatoms. The van der Waals surface area contributed by atoms with E-state index in [-0.39, 0.29) is 40.7 Å². The van der Waals surface area contributed by atoms with E-state index in [2.05, 4.69) is 15.4 Å². The Bertz CT molecular complexity index is 1360. The smallest absolute Gasteiger partial charge is 0.379 e. The first-order valence-corrected chi connectivity index (χ1v) is 12.2. The Balaban J connectivity index is 1.59. The zero-order valence-electron chi connectivity index (χ0n) is 19.3. The van der Waals surface area contributed by atoms with Crippen molar-refractivity contribution >= 4 is 27.3 Å². The van der Waals surface area contributed by atoms with E-state index in [0.717, 1.165) is 6.07 Å². The summed E-state index contributed by atoms with van der Waals surface area (Å²) in [6.45, 7) is 6.33. The molecule has 1 aliphatic rings. The minimum Gasteiger partial charge on any atom is -0.379 e. The fourth-order valence-electron chi connectivity index (χ4n) is 3.51. The van der Waals surface area contributed by atoms with Crippen molar-refractivity contribution in [2.24, 2.45) is 0 Å². The monoisotopic (exact) mass is 511 g/mol. The molecule has 1 N–H and O–H groups in total. The number of halogens is 3. The molecule has 0 saturated carbocycles. The second-order valence-corrected chi connectivity index (χ2v) is 11.0. The van der Waals surface area contributed by atoms with E-state index in [0.29, 0.717) is 17.7 Å². The molecule has 2 aromatic heterocycles. The predicted molar refractivity (Wildman–Crippen MR) is 121 cm³/mol. The Morgan fingerprint density at radius 1 is 1.06 bits per heavy atom. The number of fused-ring (bicyclic) bond motifs is 1. The van der Waals surface area contributed by atoms with Crippen molar-refractivity contribution in [3.63, 3.8) is 0 Å². The second kappa shape index (κ2) is 8.88. The van der Waals surface area contributed by atoms with Crippen LogP contribution in [-0.2, 0) is 26.4 Å². The number of hydrogen-bond donors (Lipinski definition) is 1. The summed E-state index contributed by atoms with van der Waals surface area (Å²) in [7, 11) is -3.70. The van der Waals surface area contributed by atoms with Gasteiger partial charge in [0, 0.05) is 30.3 Å². The van der Waals surface area contributed by atoms with E-state index in [1.54, 1.807) is 20.8 Å². The Hall–Kier alpha value is -3.03. The van der Waals surface area contributed by atoms with Gasteiger partial charge in [-0.05, 0) is 30.3 Å². The molecule has 0 unspecified atom stereocenters. The first-order valence-electron chi connectivity index (χ1n) is 10.7. The summed E-state index contributed by atoms with van der Waals surface area (Å²) in [5.74, 6) is -0.760. The maximum Gasteiger partial charge on any atom is 0.433 e. The van der Waals surface area contributed by atoms with Crippen LogP contribution >= 0.6 is 0 Å². The molecule has 0 radical (unpaired) electrons. The zero-order valence-corrected chi connectivity index (χ0v) is 20.1. The van der Waals surface area contributed by atoms with E-state index >= 15 is 0 Å². The lowest BCUT2D eigenvalue weighted by Crippen LogP contribution is -2.40. The third-order valence-electron chi connectivity index (χ3n) is 5.44. The maximum atomic E-state index is 13.7. The molecule has 1 saturated heterocycles. The number of rotatable bonds is 4. The van der Waals surface area contributed by atoms with Crippen LogP contribution in [0.4, 0.5) is 18.9 Å². The molecule has 3 heterocycles. The Morgan fingerprint density at radius 3 is 2.26 bits per heavy atom. The van der Waals surface area contributed by atoms with Crippen LogP contribution in [0.1, 0.15) is 42.6 Å². The molecule has 0 bridgehead atoms. The molecule has 0 aliphatic carbocycles. The summed E-state index contributed by atoms with van der Waals surface area (Å²) in [6.07, 6.45) is -4.71. The van der Waals surface area contributed by atoms with Gasteiger partial charge in [0.15, 0.2) is 11.3 Å². The fraction of sp³-hybridized carbons (Fsp3) is 0.409. The topological polar surface area (TPSA) is 106 Å². The van der Waals surface area contributed by atoms with Crippen molar-refractivity contribution in [2.45, 2.75) is 37.3 Å². The Kier molecular flexibility index (Phi) is 6.36. The van der Waals surface area contributed by atoms with Gasteiger partial charge in [-0.25, -0.2) is 17.9 Å². The number of morpholine rings is 1. The molecule has 1 amide bonds. The summed E-state index contributed by atoms with van der Waals surface area (Å²) in [5, 5.41) is 6.35. The van der Waals surface area contributed by atoms with Gasteiger partial charge < -0.3 is 10.1 Å². The number of aromatic nitrogens is 3. The van der Waals surface area contributed by atoms with Crippen LogP contribution in [0.5, 0.6) is 0 Å². The van der Waals surface area contributed by atoms with Crippen LogP contribution in [0.25, 0.3) is 5.65 Å². The molecule has 0 atom stereocenters. The highest BCUT2D eigenvalue weighted by Crippen LogP contribution is 2.32. The van der Waals surface area contributed by atoms with Crippen molar-refractivity contribution in [2.75, 3.05) is 31.6 Å². The third kappa shape index (κ3) is 5.16. The van der Waals surface area contributed by atoms with Crippen molar-refractivity contribution in [1.29, 1.82) is 0 Å². The molecule has 1 aliphatic heterocycles. The van der Waals surface area contributed by atoms with E-state index in [9.17, 15) is 26.4 Å². The number of carbonyl (C=O) groups is 1. The molecule has 9 nitrogen and oxygen atoms in total. The summed E-state index contributed by atoms with van der Waals surface area (Å²) >= 11 is 0. The van der Waals surface area contributed by atoms with E-state index in [1.165, 1.54) is 34.6 Å². The third-order valence-corrected chi connectivity index (χ3v) is 7.35. The van der Waals surface area contributed by atoms with Gasteiger partial charge in [0.25, 0.3) is 5.91 Å². The Morgan fingerprint density at radius 2 is 1.69 bits per heavy atom. The number of sulfonamides is 1. The van der Waals surface area contributed by atoms with Gasteiger partial charge in [0.05, 0.1) is 23.8 Å². The van der Waals surface area contributed by atoms with Crippen LogP contribution in [0.2, 0.25) is 0 Å². The lowest BCUT2D eigenvalue weighted by molar-refractivity contribution is -0.142. The number of nitrogens with one attached hydrogen (secondary N) is 1. The standard InChI is InChI=1S/C22H24F3N5O4S/c1-21(2,3)17-13-18(22(23,24)25)30-19(27-17)12-16(28-30)20(31)26-14-4-6-15(7-5-14)35(32,33)29-8-10-34-11-9-29/h4-7,12-13H,8-11H2,1-3H3,(H,26,31). The lowest BCUT2D eigenvalue weighted by Gasteiger charge is -2.26. The van der Waals surface area contributed by atoms with Gasteiger partial charge in [-0.1, -0.05) is 20.8 Å². The SMILES string of the molecule is CC(C)(C)c1cc(C(F)(F)F)n2nc(C(=O)Nc3ccc(S(=O)(=O)N4CCOCC4)cc3)cc2n1. The van der Waals surface area contributed by atoms with Gasteiger partial charge in [0.1, 0.15) is 5.69 Å². The van der Waals surface area contributed by atoms with Gasteiger partial charge in [0.2, 0.25) is 10.0 Å². The normalized spacial score (nSPS) is 15.9. The minimum atomic E-state index is -4.71. The molecular weight excluding hydrogens is 487 g/mol. The maximum absolute atomic E-state index is 13.7. The highest BCUT2D eigenvalue weighted by molar-refractivity contribution is 7.89. The molecule has 4 rings (SSSR count). The van der Waals surface area contributed by atoms with Gasteiger partial charge in [-0.15, -0.1) is 0 Å². The highest BCUT2D eigenvalue weighted by Gasteiger charge is 2.36. The van der Waals surface area contributed by atoms with Crippen molar-refractivity contribution in [3.05, 3.63) is 53.5 Å². The zero-order chi connectivity index (χ0) is 25.6. The molecule has 1 fully saturated rings. The van der Waals surface area contributed by atoms with E-state index in [1.807, 2.05) is 0 Å². The van der Waals surface area contributed by atoms with Gasteiger partial charge >= 0.3 is 6.18 Å². The molecule has 1 aromatic carbocycles. The van der Waals surface area contributed by atoms with Gasteiger partial charge in [-0.2, -0.15) is 22.6 Å². The highest BCUT2D eigenvalue weighted by atomic mass is 32.2. The van der Waals surface area contributed by atoms with Gasteiger partial charge in [-0.3, -0.25) is 4.79 Å². The average molecular weight is 512 g/mol. The van der Waals surface area contributed by atoms with Crippen molar-refractivity contribution in [1.82, 2.24) is 18.9 Å². The molecule has 0 spiro atoms. The Labute approximate surface area is 200 Å². The number of ether oxygens (including phenoxy) is 1. The fourth-order valence-corrected chi connectivity index (χ4v) is 4.92. The summed E-state index contributed by atoms with van der Waals surface area (Å²) in [5.41, 5.74) is -1.60. The largest absolute Gasteiger partial charge is 0.433 e. The predicted octanol–water partition coefficient (Wildman–Crippen LogP) is 3.32. The van der Waals surface area contributed by atoms with Crippen LogP contribution in [0.15, 0.2) is 41.3 Å². The average Bonchev–Trinajstić information content (AvgIpc) is 3.22. The summed E-state index contributed by atoms with van der Waals surface area (Å²) < 4.78 is 73.5. The first kappa shape index (κ1) is 25.1. The number of carbonyl (C=O) groups excluding carboxylic acids is 1. The number of hydrogen-bond acceptors (Lipinski definition) is 6. The number of nitrogens with zero attached hydrogens (tertiary/aromatic N) is 4. The van der Waals surface area contributed by atoms with Crippen LogP contribution < -0.4 is 5.32 Å².